The molecule has 1 unspecified atom stereocenters. The topological polar surface area (TPSA) is 38.7 Å². The second-order valence-electron chi connectivity index (χ2n) is 6.43. The van der Waals surface area contributed by atoms with Crippen LogP contribution in [0.5, 0.6) is 0 Å². The quantitative estimate of drug-likeness (QED) is 0.580. The summed E-state index contributed by atoms with van der Waals surface area (Å²) in [5, 5.41) is 0. The molecule has 0 bridgehead atoms. The summed E-state index contributed by atoms with van der Waals surface area (Å²) in [4.78, 5) is 16.0. The molecular formula is C17H25NO2. The van der Waals surface area contributed by atoms with Crippen molar-refractivity contribution in [3.05, 3.63) is 29.8 Å². The molecule has 0 amide bonds. The van der Waals surface area contributed by atoms with E-state index in [4.69, 9.17) is 4.74 Å². The Morgan fingerprint density at radius 3 is 2.60 bits per heavy atom. The van der Waals surface area contributed by atoms with Crippen LogP contribution in [0.1, 0.15) is 50.9 Å². The Balaban J connectivity index is 2.69. The van der Waals surface area contributed by atoms with Crippen molar-refractivity contribution in [3.8, 4) is 0 Å². The van der Waals surface area contributed by atoms with E-state index in [2.05, 4.69) is 32.7 Å². The lowest BCUT2D eigenvalue weighted by molar-refractivity contribution is 0.0601. The third-order valence-electron chi connectivity index (χ3n) is 3.01. The monoisotopic (exact) mass is 275 g/mol. The number of hydrogen-bond donors (Lipinski definition) is 0. The molecule has 3 heteroatoms. The largest absolute Gasteiger partial charge is 0.465 e. The summed E-state index contributed by atoms with van der Waals surface area (Å²) >= 11 is 0. The van der Waals surface area contributed by atoms with Gasteiger partial charge in [-0.05, 0) is 36.3 Å². The normalized spacial score (nSPS) is 13.4. The van der Waals surface area contributed by atoms with Crippen LogP contribution in [0.3, 0.4) is 0 Å². The Labute approximate surface area is 122 Å². The number of esters is 1. The molecule has 0 spiro atoms. The third-order valence-corrected chi connectivity index (χ3v) is 3.01. The lowest BCUT2D eigenvalue weighted by Gasteiger charge is -2.22. The van der Waals surface area contributed by atoms with E-state index in [0.717, 1.165) is 12.8 Å². The van der Waals surface area contributed by atoms with Crippen LogP contribution < -0.4 is 0 Å². The van der Waals surface area contributed by atoms with E-state index >= 15 is 0 Å². The molecule has 1 aromatic carbocycles. The summed E-state index contributed by atoms with van der Waals surface area (Å²) in [5.74, 6) is 0.226. The number of para-hydroxylation sites is 1. The molecule has 0 aliphatic carbocycles. The fraction of sp³-hybridized carbons (Fsp3) is 0.529. The maximum atomic E-state index is 11.6. The van der Waals surface area contributed by atoms with Crippen molar-refractivity contribution in [2.45, 2.75) is 40.5 Å². The molecule has 1 atom stereocenters. The highest BCUT2D eigenvalue weighted by molar-refractivity contribution is 5.95. The summed E-state index contributed by atoms with van der Waals surface area (Å²) in [6, 6.07) is 7.25. The molecule has 0 aliphatic rings. The summed E-state index contributed by atoms with van der Waals surface area (Å²) in [7, 11) is 1.38. The predicted octanol–water partition coefficient (Wildman–Crippen LogP) is 4.64. The van der Waals surface area contributed by atoms with E-state index in [-0.39, 0.29) is 5.97 Å². The van der Waals surface area contributed by atoms with Crippen molar-refractivity contribution < 1.29 is 9.53 Å². The van der Waals surface area contributed by atoms with Crippen molar-refractivity contribution >= 4 is 17.9 Å². The number of nitrogens with zero attached hydrogens (tertiary/aromatic N) is 1. The van der Waals surface area contributed by atoms with Crippen LogP contribution in [0.15, 0.2) is 29.3 Å². The summed E-state index contributed by atoms with van der Waals surface area (Å²) < 4.78 is 4.76. The molecule has 110 valence electrons. The zero-order valence-electron chi connectivity index (χ0n) is 13.1. The smallest absolute Gasteiger partial charge is 0.340 e. The van der Waals surface area contributed by atoms with Gasteiger partial charge in [0.2, 0.25) is 0 Å². The Morgan fingerprint density at radius 1 is 1.35 bits per heavy atom. The Bertz CT molecular complexity index is 472. The average molecular weight is 275 g/mol. The van der Waals surface area contributed by atoms with E-state index in [1.807, 2.05) is 24.4 Å². The number of carbonyl (C=O) groups is 1. The van der Waals surface area contributed by atoms with Crippen molar-refractivity contribution in [2.75, 3.05) is 7.11 Å². The van der Waals surface area contributed by atoms with E-state index in [0.29, 0.717) is 22.6 Å². The van der Waals surface area contributed by atoms with Crippen LogP contribution in [0, 0.1) is 11.3 Å². The van der Waals surface area contributed by atoms with Gasteiger partial charge in [-0.15, -0.1) is 0 Å². The minimum atomic E-state index is -0.347. The summed E-state index contributed by atoms with van der Waals surface area (Å²) in [5.41, 5.74) is 1.51. The molecule has 0 aromatic heterocycles. The highest BCUT2D eigenvalue weighted by Crippen LogP contribution is 2.26. The average Bonchev–Trinajstić information content (AvgIpc) is 2.36. The fourth-order valence-electron chi connectivity index (χ4n) is 2.33. The first kappa shape index (κ1) is 16.4. The zero-order chi connectivity index (χ0) is 15.2. The minimum Gasteiger partial charge on any atom is -0.465 e. The molecule has 0 N–H and O–H groups in total. The number of aliphatic imine (C=N–C) groups is 1. The molecule has 20 heavy (non-hydrogen) atoms. The first-order valence-electron chi connectivity index (χ1n) is 7.03. The second-order valence-corrected chi connectivity index (χ2v) is 6.43. The summed E-state index contributed by atoms with van der Waals surface area (Å²) in [6.45, 7) is 8.96. The van der Waals surface area contributed by atoms with Gasteiger partial charge < -0.3 is 4.74 Å². The van der Waals surface area contributed by atoms with Gasteiger partial charge in [-0.25, -0.2) is 4.79 Å². The van der Waals surface area contributed by atoms with Crippen LogP contribution in [0.4, 0.5) is 5.69 Å². The highest BCUT2D eigenvalue weighted by atomic mass is 16.5. The van der Waals surface area contributed by atoms with Gasteiger partial charge in [-0.2, -0.15) is 0 Å². The lowest BCUT2D eigenvalue weighted by Crippen LogP contribution is -2.11. The third kappa shape index (κ3) is 5.55. The Hall–Kier alpha value is -1.64. The molecule has 0 heterocycles. The number of methoxy groups -OCH3 is 1. The van der Waals surface area contributed by atoms with Gasteiger partial charge in [-0.1, -0.05) is 39.8 Å². The van der Waals surface area contributed by atoms with Gasteiger partial charge >= 0.3 is 5.97 Å². The van der Waals surface area contributed by atoms with Gasteiger partial charge in [0.25, 0.3) is 0 Å². The Morgan fingerprint density at radius 2 is 2.00 bits per heavy atom. The fourth-order valence-corrected chi connectivity index (χ4v) is 2.33. The molecule has 1 rings (SSSR count). The van der Waals surface area contributed by atoms with Crippen molar-refractivity contribution in [1.82, 2.24) is 0 Å². The number of carbonyl (C=O) groups excluding carboxylic acids is 1. The minimum absolute atomic E-state index is 0.331. The van der Waals surface area contributed by atoms with Crippen LogP contribution in [-0.4, -0.2) is 19.3 Å². The molecule has 3 nitrogen and oxygen atoms in total. The van der Waals surface area contributed by atoms with Crippen molar-refractivity contribution in [2.24, 2.45) is 16.3 Å². The second kappa shape index (κ2) is 7.22. The molecule has 0 fully saturated rings. The molecule has 0 aliphatic heterocycles. The number of hydrogen-bond acceptors (Lipinski definition) is 3. The molecular weight excluding hydrogens is 250 g/mol. The molecule has 1 aromatic rings. The number of rotatable bonds is 5. The molecule has 0 radical (unpaired) electrons. The zero-order valence-corrected chi connectivity index (χ0v) is 13.1. The maximum absolute atomic E-state index is 11.6. The van der Waals surface area contributed by atoms with Gasteiger partial charge in [-0.3, -0.25) is 4.99 Å². The van der Waals surface area contributed by atoms with E-state index in [9.17, 15) is 4.79 Å². The predicted molar refractivity (Wildman–Crippen MR) is 83.8 cm³/mol. The van der Waals surface area contributed by atoms with Gasteiger partial charge in [0, 0.05) is 6.21 Å². The standard InChI is InChI=1S/C17H25NO2/c1-13(12-17(2,3)4)10-11-18-15-9-7-6-8-14(15)16(19)20-5/h6-9,11,13H,10,12H2,1-5H3. The highest BCUT2D eigenvalue weighted by Gasteiger charge is 2.14. The van der Waals surface area contributed by atoms with Gasteiger partial charge in [0.15, 0.2) is 0 Å². The van der Waals surface area contributed by atoms with Crippen LogP contribution in [0.25, 0.3) is 0 Å². The SMILES string of the molecule is COC(=O)c1ccccc1N=CCC(C)CC(C)(C)C. The summed E-state index contributed by atoms with van der Waals surface area (Å²) in [6.07, 6.45) is 3.96. The van der Waals surface area contributed by atoms with Crippen LogP contribution >= 0.6 is 0 Å². The van der Waals surface area contributed by atoms with E-state index in [1.165, 1.54) is 7.11 Å². The van der Waals surface area contributed by atoms with Crippen molar-refractivity contribution in [3.63, 3.8) is 0 Å². The van der Waals surface area contributed by atoms with E-state index < -0.39 is 0 Å². The number of ether oxygens (including phenoxy) is 1. The first-order chi connectivity index (χ1) is 9.33. The van der Waals surface area contributed by atoms with Crippen LogP contribution in [-0.2, 0) is 4.74 Å². The van der Waals surface area contributed by atoms with Gasteiger partial charge in [0.05, 0.1) is 18.4 Å². The van der Waals surface area contributed by atoms with Gasteiger partial charge in [0.1, 0.15) is 0 Å². The van der Waals surface area contributed by atoms with E-state index in [1.54, 1.807) is 6.07 Å². The van der Waals surface area contributed by atoms with Crippen LogP contribution in [0.2, 0.25) is 0 Å². The Kier molecular flexibility index (Phi) is 5.93. The first-order valence-corrected chi connectivity index (χ1v) is 7.03. The molecule has 0 saturated heterocycles. The lowest BCUT2D eigenvalue weighted by atomic mass is 9.84. The maximum Gasteiger partial charge on any atom is 0.340 e. The molecule has 0 saturated carbocycles. The number of benzene rings is 1. The van der Waals surface area contributed by atoms with Crippen molar-refractivity contribution in [1.29, 1.82) is 0 Å².